The molecular formula is C21H22N4O2. The molecule has 1 aromatic heterocycles. The SMILES string of the molecule is CCCCN1C(=O)c2cccc3c(NCCn4ccnc4)ccc(c23)C1=O. The molecule has 0 unspecified atom stereocenters. The minimum absolute atomic E-state index is 0.192. The number of nitrogens with zero attached hydrogens (tertiary/aromatic N) is 3. The number of benzene rings is 2. The van der Waals surface area contributed by atoms with Gasteiger partial charge in [0.15, 0.2) is 0 Å². The van der Waals surface area contributed by atoms with E-state index in [1.807, 2.05) is 41.1 Å². The van der Waals surface area contributed by atoms with Crippen LogP contribution in [0.2, 0.25) is 0 Å². The number of imide groups is 1. The number of carbonyl (C=O) groups is 2. The normalized spacial score (nSPS) is 13.4. The van der Waals surface area contributed by atoms with Crippen molar-refractivity contribution in [3.05, 3.63) is 60.2 Å². The van der Waals surface area contributed by atoms with Gasteiger partial charge in [0.2, 0.25) is 0 Å². The van der Waals surface area contributed by atoms with E-state index in [-0.39, 0.29) is 11.8 Å². The van der Waals surface area contributed by atoms with Crippen molar-refractivity contribution >= 4 is 28.3 Å². The van der Waals surface area contributed by atoms with Crippen molar-refractivity contribution in [2.75, 3.05) is 18.4 Å². The average molecular weight is 362 g/mol. The van der Waals surface area contributed by atoms with Crippen LogP contribution in [0.4, 0.5) is 5.69 Å². The molecule has 1 aliphatic rings. The minimum atomic E-state index is -0.192. The van der Waals surface area contributed by atoms with Gasteiger partial charge >= 0.3 is 0 Å². The number of rotatable bonds is 7. The molecule has 0 radical (unpaired) electrons. The molecule has 1 N–H and O–H groups in total. The standard InChI is InChI=1S/C21H22N4O2/c1-2-3-11-25-20(26)16-6-4-5-15-18(8-7-17(19(15)16)21(25)27)23-10-13-24-12-9-22-14-24/h4-9,12,14,23H,2-3,10-11,13H2,1H3. The molecule has 2 heterocycles. The van der Waals surface area contributed by atoms with Gasteiger partial charge in [-0.1, -0.05) is 25.5 Å². The van der Waals surface area contributed by atoms with E-state index in [1.165, 1.54) is 4.90 Å². The fraction of sp³-hybridized carbons (Fsp3) is 0.286. The van der Waals surface area contributed by atoms with Gasteiger partial charge in [-0.05, 0) is 24.6 Å². The second-order valence-corrected chi connectivity index (χ2v) is 6.73. The van der Waals surface area contributed by atoms with Crippen LogP contribution in [0.1, 0.15) is 40.5 Å². The van der Waals surface area contributed by atoms with Crippen LogP contribution in [0.15, 0.2) is 49.1 Å². The van der Waals surface area contributed by atoms with Gasteiger partial charge in [0.1, 0.15) is 0 Å². The summed E-state index contributed by atoms with van der Waals surface area (Å²) in [6.07, 6.45) is 7.21. The molecule has 138 valence electrons. The summed E-state index contributed by atoms with van der Waals surface area (Å²) in [6, 6.07) is 9.42. The van der Waals surface area contributed by atoms with Crippen LogP contribution >= 0.6 is 0 Å². The van der Waals surface area contributed by atoms with Crippen molar-refractivity contribution in [2.45, 2.75) is 26.3 Å². The topological polar surface area (TPSA) is 67.2 Å². The Morgan fingerprint density at radius 3 is 2.59 bits per heavy atom. The Hall–Kier alpha value is -3.15. The van der Waals surface area contributed by atoms with Crippen LogP contribution in [-0.2, 0) is 6.54 Å². The molecule has 0 bridgehead atoms. The van der Waals surface area contributed by atoms with Crippen molar-refractivity contribution in [3.8, 4) is 0 Å². The Kier molecular flexibility index (Phi) is 4.62. The molecule has 4 rings (SSSR count). The number of nitrogens with one attached hydrogen (secondary N) is 1. The number of imidazole rings is 1. The Morgan fingerprint density at radius 2 is 1.85 bits per heavy atom. The van der Waals surface area contributed by atoms with E-state index in [0.29, 0.717) is 17.7 Å². The molecule has 2 aromatic carbocycles. The molecule has 6 heteroatoms. The molecule has 1 aliphatic heterocycles. The van der Waals surface area contributed by atoms with E-state index in [4.69, 9.17) is 0 Å². The number of hydrogen-bond donors (Lipinski definition) is 1. The predicted octanol–water partition coefficient (Wildman–Crippen LogP) is 3.54. The van der Waals surface area contributed by atoms with Crippen LogP contribution in [0.5, 0.6) is 0 Å². The fourth-order valence-corrected chi connectivity index (χ4v) is 3.56. The number of anilines is 1. The van der Waals surface area contributed by atoms with Crippen LogP contribution < -0.4 is 5.32 Å². The van der Waals surface area contributed by atoms with Crippen LogP contribution in [-0.4, -0.2) is 39.4 Å². The second-order valence-electron chi connectivity index (χ2n) is 6.73. The summed E-state index contributed by atoms with van der Waals surface area (Å²) in [7, 11) is 0. The van der Waals surface area contributed by atoms with E-state index in [1.54, 1.807) is 12.5 Å². The lowest BCUT2D eigenvalue weighted by atomic mass is 9.93. The van der Waals surface area contributed by atoms with Crippen molar-refractivity contribution in [1.82, 2.24) is 14.5 Å². The van der Waals surface area contributed by atoms with E-state index in [2.05, 4.69) is 17.2 Å². The average Bonchev–Trinajstić information content (AvgIpc) is 3.20. The quantitative estimate of drug-likeness (QED) is 0.653. The minimum Gasteiger partial charge on any atom is -0.383 e. The molecule has 0 saturated carbocycles. The monoisotopic (exact) mass is 362 g/mol. The van der Waals surface area contributed by atoms with Gasteiger partial charge in [-0.25, -0.2) is 4.98 Å². The van der Waals surface area contributed by atoms with Gasteiger partial charge in [-0.3, -0.25) is 14.5 Å². The van der Waals surface area contributed by atoms with Crippen molar-refractivity contribution < 1.29 is 9.59 Å². The second kappa shape index (κ2) is 7.23. The zero-order valence-electron chi connectivity index (χ0n) is 15.3. The molecule has 0 atom stereocenters. The van der Waals surface area contributed by atoms with Crippen LogP contribution in [0, 0.1) is 0 Å². The first-order valence-electron chi connectivity index (χ1n) is 9.32. The Bertz CT molecular complexity index is 973. The first-order chi connectivity index (χ1) is 13.2. The lowest BCUT2D eigenvalue weighted by Crippen LogP contribution is -2.40. The van der Waals surface area contributed by atoms with Gasteiger partial charge in [-0.2, -0.15) is 0 Å². The zero-order chi connectivity index (χ0) is 18.8. The molecule has 0 saturated heterocycles. The highest BCUT2D eigenvalue weighted by Gasteiger charge is 2.32. The number of amides is 2. The van der Waals surface area contributed by atoms with Gasteiger partial charge in [-0.15, -0.1) is 0 Å². The number of aromatic nitrogens is 2. The number of carbonyl (C=O) groups excluding carboxylic acids is 2. The van der Waals surface area contributed by atoms with Crippen LogP contribution in [0.3, 0.4) is 0 Å². The summed E-state index contributed by atoms with van der Waals surface area (Å²) in [6.45, 7) is 4.02. The van der Waals surface area contributed by atoms with Crippen LogP contribution in [0.25, 0.3) is 10.8 Å². The molecule has 0 fully saturated rings. The van der Waals surface area contributed by atoms with Crippen molar-refractivity contribution in [3.63, 3.8) is 0 Å². The highest BCUT2D eigenvalue weighted by molar-refractivity contribution is 6.26. The van der Waals surface area contributed by atoms with Gasteiger partial charge < -0.3 is 9.88 Å². The van der Waals surface area contributed by atoms with Gasteiger partial charge in [0.05, 0.1) is 6.33 Å². The predicted molar refractivity (Wildman–Crippen MR) is 105 cm³/mol. The number of unbranched alkanes of at least 4 members (excludes halogenated alkanes) is 1. The maximum atomic E-state index is 12.9. The highest BCUT2D eigenvalue weighted by atomic mass is 16.2. The summed E-state index contributed by atoms with van der Waals surface area (Å²) in [5.74, 6) is -0.385. The first-order valence-corrected chi connectivity index (χ1v) is 9.32. The summed E-state index contributed by atoms with van der Waals surface area (Å²) in [4.78, 5) is 31.2. The van der Waals surface area contributed by atoms with E-state index in [0.717, 1.165) is 42.4 Å². The Morgan fingerprint density at radius 1 is 1.04 bits per heavy atom. The summed E-state index contributed by atoms with van der Waals surface area (Å²) in [5, 5.41) is 5.09. The summed E-state index contributed by atoms with van der Waals surface area (Å²) in [5.41, 5.74) is 2.14. The van der Waals surface area contributed by atoms with E-state index < -0.39 is 0 Å². The maximum Gasteiger partial charge on any atom is 0.261 e. The molecule has 27 heavy (non-hydrogen) atoms. The molecule has 0 aliphatic carbocycles. The van der Waals surface area contributed by atoms with E-state index in [9.17, 15) is 9.59 Å². The van der Waals surface area contributed by atoms with Crippen molar-refractivity contribution in [2.24, 2.45) is 0 Å². The fourth-order valence-electron chi connectivity index (χ4n) is 3.56. The molecule has 2 amide bonds. The smallest absolute Gasteiger partial charge is 0.261 e. The zero-order valence-corrected chi connectivity index (χ0v) is 15.3. The summed E-state index contributed by atoms with van der Waals surface area (Å²) >= 11 is 0. The maximum absolute atomic E-state index is 12.9. The third kappa shape index (κ3) is 3.07. The third-order valence-electron chi connectivity index (χ3n) is 4.97. The molecule has 0 spiro atoms. The Balaban J connectivity index is 1.67. The largest absolute Gasteiger partial charge is 0.383 e. The molecular weight excluding hydrogens is 340 g/mol. The number of hydrogen-bond acceptors (Lipinski definition) is 4. The highest BCUT2D eigenvalue weighted by Crippen LogP contribution is 2.34. The van der Waals surface area contributed by atoms with E-state index >= 15 is 0 Å². The lowest BCUT2D eigenvalue weighted by molar-refractivity contribution is 0.0608. The van der Waals surface area contributed by atoms with Gasteiger partial charge in [0.25, 0.3) is 11.8 Å². The lowest BCUT2D eigenvalue weighted by Gasteiger charge is -2.27. The third-order valence-corrected chi connectivity index (χ3v) is 4.97. The van der Waals surface area contributed by atoms with Crippen molar-refractivity contribution in [1.29, 1.82) is 0 Å². The molecule has 6 nitrogen and oxygen atoms in total. The first kappa shape index (κ1) is 17.3. The van der Waals surface area contributed by atoms with Gasteiger partial charge in [0, 0.05) is 59.6 Å². The molecule has 3 aromatic rings. The Labute approximate surface area is 157 Å². The summed E-state index contributed by atoms with van der Waals surface area (Å²) < 4.78 is 2.00.